The number of hydrogen-bond donors (Lipinski definition) is 3. The van der Waals surface area contributed by atoms with E-state index in [2.05, 4.69) is 10.6 Å². The van der Waals surface area contributed by atoms with Crippen molar-refractivity contribution in [1.82, 2.24) is 0 Å². The fourth-order valence-electron chi connectivity index (χ4n) is 2.15. The summed E-state index contributed by atoms with van der Waals surface area (Å²) < 4.78 is 10.5. The van der Waals surface area contributed by atoms with Crippen LogP contribution in [-0.2, 0) is 9.59 Å². The van der Waals surface area contributed by atoms with Crippen LogP contribution in [0, 0.1) is 0 Å². The van der Waals surface area contributed by atoms with Gasteiger partial charge in [0, 0.05) is 11.8 Å². The van der Waals surface area contributed by atoms with Gasteiger partial charge in [-0.3, -0.25) is 9.59 Å². The van der Waals surface area contributed by atoms with Gasteiger partial charge < -0.3 is 25.8 Å². The maximum atomic E-state index is 12.3. The van der Waals surface area contributed by atoms with Crippen LogP contribution in [-0.4, -0.2) is 31.6 Å². The van der Waals surface area contributed by atoms with E-state index in [1.54, 1.807) is 49.4 Å². The van der Waals surface area contributed by atoms with Crippen molar-refractivity contribution in [1.29, 1.82) is 0 Å². The summed E-state index contributed by atoms with van der Waals surface area (Å²) in [5.74, 6) is -0.0635. The molecule has 2 rings (SSSR count). The first-order valence-corrected chi connectivity index (χ1v) is 8.19. The molecule has 0 saturated carbocycles. The number of nitrogens with one attached hydrogen (secondary N) is 2. The average molecular weight is 378 g/mol. The normalized spacial score (nSPS) is 11.3. The number of para-hydroxylation sites is 1. The number of benzene rings is 2. The first kappa shape index (κ1) is 19.4. The molecule has 0 aliphatic heterocycles. The van der Waals surface area contributed by atoms with Gasteiger partial charge in [-0.05, 0) is 31.2 Å². The van der Waals surface area contributed by atoms with Crippen LogP contribution in [0.15, 0.2) is 42.5 Å². The first-order valence-electron chi connectivity index (χ1n) is 7.81. The second-order valence-corrected chi connectivity index (χ2v) is 5.86. The van der Waals surface area contributed by atoms with Gasteiger partial charge in [-0.2, -0.15) is 0 Å². The van der Waals surface area contributed by atoms with Crippen LogP contribution in [0.3, 0.4) is 0 Å². The Morgan fingerprint density at radius 2 is 1.92 bits per heavy atom. The molecule has 4 N–H and O–H groups in total. The third kappa shape index (κ3) is 5.29. The highest BCUT2D eigenvalue weighted by Gasteiger charge is 2.15. The fourth-order valence-corrected chi connectivity index (χ4v) is 2.33. The maximum absolute atomic E-state index is 12.3. The van der Waals surface area contributed by atoms with E-state index in [1.807, 2.05) is 0 Å². The molecule has 0 heterocycles. The Bertz CT molecular complexity index is 798. The van der Waals surface area contributed by atoms with Crippen molar-refractivity contribution in [3.05, 3.63) is 47.5 Å². The van der Waals surface area contributed by atoms with Crippen molar-refractivity contribution in [2.45, 2.75) is 13.0 Å². The molecule has 26 heavy (non-hydrogen) atoms. The van der Waals surface area contributed by atoms with Gasteiger partial charge in [0.05, 0.1) is 17.8 Å². The van der Waals surface area contributed by atoms with Gasteiger partial charge in [-0.25, -0.2) is 0 Å². The number of methoxy groups -OCH3 is 1. The smallest absolute Gasteiger partial charge is 0.255 e. The molecule has 138 valence electrons. The van der Waals surface area contributed by atoms with Crippen molar-refractivity contribution in [3.8, 4) is 11.5 Å². The van der Waals surface area contributed by atoms with E-state index >= 15 is 0 Å². The highest BCUT2D eigenvalue weighted by molar-refractivity contribution is 6.33. The molecule has 0 saturated heterocycles. The van der Waals surface area contributed by atoms with Gasteiger partial charge in [0.25, 0.3) is 5.91 Å². The zero-order valence-corrected chi connectivity index (χ0v) is 15.2. The number of carbonyl (C=O) groups excluding carboxylic acids is 2. The Morgan fingerprint density at radius 3 is 2.58 bits per heavy atom. The monoisotopic (exact) mass is 377 g/mol. The molecular weight excluding hydrogens is 358 g/mol. The number of anilines is 2. The maximum Gasteiger partial charge on any atom is 0.255 e. The number of halogens is 1. The first-order chi connectivity index (χ1) is 12.4. The van der Waals surface area contributed by atoms with Crippen LogP contribution in [0.1, 0.15) is 6.92 Å². The van der Waals surface area contributed by atoms with Crippen LogP contribution in [0.25, 0.3) is 0 Å². The Labute approximate surface area is 156 Å². The molecule has 1 atom stereocenters. The molecule has 0 radical (unpaired) electrons. The Kier molecular flexibility index (Phi) is 6.68. The van der Waals surface area contributed by atoms with Gasteiger partial charge in [0.1, 0.15) is 6.04 Å². The number of nitrogens with two attached hydrogens (primary N) is 1. The molecule has 7 nitrogen and oxygen atoms in total. The van der Waals surface area contributed by atoms with E-state index in [0.717, 1.165) is 0 Å². The zero-order valence-electron chi connectivity index (χ0n) is 14.4. The molecule has 0 spiro atoms. The van der Waals surface area contributed by atoms with E-state index in [1.165, 1.54) is 7.11 Å². The standard InChI is InChI=1S/C18H20ClN3O4/c1-11(18(24)22-14-6-4-3-5-13(14)19)21-12-7-8-15(25-2)16(9-12)26-10-17(20)23/h3-9,11,21H,10H2,1-2H3,(H2,20,23)(H,22,24). The summed E-state index contributed by atoms with van der Waals surface area (Å²) in [6.45, 7) is 1.43. The Morgan fingerprint density at radius 1 is 1.19 bits per heavy atom. The van der Waals surface area contributed by atoms with E-state index < -0.39 is 11.9 Å². The molecule has 0 fully saturated rings. The summed E-state index contributed by atoms with van der Waals surface area (Å²) in [5, 5.41) is 6.27. The molecule has 0 bridgehead atoms. The third-order valence-corrected chi connectivity index (χ3v) is 3.77. The second kappa shape index (κ2) is 8.96. The fraction of sp³-hybridized carbons (Fsp3) is 0.222. The lowest BCUT2D eigenvalue weighted by molar-refractivity contribution is -0.120. The largest absolute Gasteiger partial charge is 0.493 e. The van der Waals surface area contributed by atoms with Crippen molar-refractivity contribution < 1.29 is 19.1 Å². The lowest BCUT2D eigenvalue weighted by atomic mass is 10.2. The third-order valence-electron chi connectivity index (χ3n) is 3.44. The number of hydrogen-bond acceptors (Lipinski definition) is 5. The molecule has 0 aromatic heterocycles. The quantitative estimate of drug-likeness (QED) is 0.656. The SMILES string of the molecule is COc1ccc(NC(C)C(=O)Nc2ccccc2Cl)cc1OCC(N)=O. The minimum Gasteiger partial charge on any atom is -0.493 e. The average Bonchev–Trinajstić information content (AvgIpc) is 2.62. The predicted molar refractivity (Wildman–Crippen MR) is 101 cm³/mol. The molecule has 2 amide bonds. The zero-order chi connectivity index (χ0) is 19.1. The Hall–Kier alpha value is -2.93. The summed E-state index contributed by atoms with van der Waals surface area (Å²) in [5.41, 5.74) is 6.24. The molecule has 0 aliphatic carbocycles. The second-order valence-electron chi connectivity index (χ2n) is 5.46. The molecule has 2 aromatic rings. The van der Waals surface area contributed by atoms with Crippen molar-refractivity contribution in [2.24, 2.45) is 5.73 Å². The van der Waals surface area contributed by atoms with Crippen LogP contribution in [0.2, 0.25) is 5.02 Å². The Balaban J connectivity index is 2.06. The van der Waals surface area contributed by atoms with Crippen molar-refractivity contribution in [3.63, 3.8) is 0 Å². The summed E-state index contributed by atoms with van der Waals surface area (Å²) >= 11 is 6.04. The van der Waals surface area contributed by atoms with Gasteiger partial charge in [0.2, 0.25) is 5.91 Å². The van der Waals surface area contributed by atoms with Gasteiger partial charge in [-0.1, -0.05) is 23.7 Å². The van der Waals surface area contributed by atoms with Crippen LogP contribution in [0.5, 0.6) is 11.5 Å². The van der Waals surface area contributed by atoms with Crippen molar-refractivity contribution >= 4 is 34.8 Å². The molecule has 2 aromatic carbocycles. The highest BCUT2D eigenvalue weighted by atomic mass is 35.5. The van der Waals surface area contributed by atoms with E-state index in [4.69, 9.17) is 26.8 Å². The van der Waals surface area contributed by atoms with Crippen LogP contribution >= 0.6 is 11.6 Å². The number of amides is 2. The lowest BCUT2D eigenvalue weighted by Crippen LogP contribution is -2.32. The molecule has 0 aliphatic rings. The van der Waals surface area contributed by atoms with Gasteiger partial charge in [0.15, 0.2) is 18.1 Å². The highest BCUT2D eigenvalue weighted by Crippen LogP contribution is 2.30. The van der Waals surface area contributed by atoms with E-state index in [-0.39, 0.29) is 12.5 Å². The number of carbonyl (C=O) groups is 2. The summed E-state index contributed by atoms with van der Waals surface area (Å²) in [4.78, 5) is 23.2. The molecule has 8 heteroatoms. The number of ether oxygens (including phenoxy) is 2. The topological polar surface area (TPSA) is 103 Å². The van der Waals surface area contributed by atoms with E-state index in [0.29, 0.717) is 27.9 Å². The summed E-state index contributed by atoms with van der Waals surface area (Å²) in [7, 11) is 1.49. The van der Waals surface area contributed by atoms with Crippen LogP contribution in [0.4, 0.5) is 11.4 Å². The van der Waals surface area contributed by atoms with Crippen LogP contribution < -0.4 is 25.8 Å². The number of rotatable bonds is 8. The summed E-state index contributed by atoms with van der Waals surface area (Å²) in [6, 6.07) is 11.4. The lowest BCUT2D eigenvalue weighted by Gasteiger charge is -2.17. The van der Waals surface area contributed by atoms with Gasteiger partial charge in [-0.15, -0.1) is 0 Å². The summed E-state index contributed by atoms with van der Waals surface area (Å²) in [6.07, 6.45) is 0. The minimum absolute atomic E-state index is 0.256. The number of primary amides is 1. The van der Waals surface area contributed by atoms with E-state index in [9.17, 15) is 9.59 Å². The minimum atomic E-state index is -0.599. The van der Waals surface area contributed by atoms with Gasteiger partial charge >= 0.3 is 0 Å². The predicted octanol–water partition coefficient (Wildman–Crippen LogP) is 2.65. The van der Waals surface area contributed by atoms with Crippen molar-refractivity contribution in [2.75, 3.05) is 24.4 Å². The molecular formula is C18H20ClN3O4. The molecule has 1 unspecified atom stereocenters.